The summed E-state index contributed by atoms with van der Waals surface area (Å²) in [5, 5.41) is 0. The second-order valence-electron chi connectivity index (χ2n) is 7.11. The first-order chi connectivity index (χ1) is 13.5. The highest BCUT2D eigenvalue weighted by Crippen LogP contribution is 2.26. The summed E-state index contributed by atoms with van der Waals surface area (Å²) in [5.74, 6) is 0.408. The monoisotopic (exact) mass is 374 g/mol. The maximum atomic E-state index is 13.3. The van der Waals surface area contributed by atoms with Gasteiger partial charge in [0.1, 0.15) is 12.4 Å². The Morgan fingerprint density at radius 3 is 2.75 bits per heavy atom. The number of carbonyl (C=O) groups is 2. The van der Waals surface area contributed by atoms with Crippen molar-refractivity contribution < 1.29 is 9.59 Å². The molecular weight excluding hydrogens is 352 g/mol. The van der Waals surface area contributed by atoms with Crippen molar-refractivity contribution in [1.82, 2.24) is 14.9 Å². The summed E-state index contributed by atoms with van der Waals surface area (Å²) >= 11 is 0. The SMILES string of the molecule is Cc1cccc(N2CC(C)N(C(=O)c3ccccc3-c3ncc[nH]3)CC2=O)c1. The zero-order valence-corrected chi connectivity index (χ0v) is 15.9. The third-order valence-corrected chi connectivity index (χ3v) is 5.07. The van der Waals surface area contributed by atoms with Crippen molar-refractivity contribution in [1.29, 1.82) is 0 Å². The van der Waals surface area contributed by atoms with E-state index in [0.29, 0.717) is 17.9 Å². The lowest BCUT2D eigenvalue weighted by Crippen LogP contribution is -2.57. The number of nitrogens with one attached hydrogen (secondary N) is 1. The highest BCUT2D eigenvalue weighted by molar-refractivity contribution is 6.04. The van der Waals surface area contributed by atoms with Gasteiger partial charge in [0.15, 0.2) is 0 Å². The van der Waals surface area contributed by atoms with Gasteiger partial charge in [0, 0.05) is 36.2 Å². The van der Waals surface area contributed by atoms with E-state index < -0.39 is 0 Å². The van der Waals surface area contributed by atoms with Crippen LogP contribution in [0.5, 0.6) is 0 Å². The van der Waals surface area contributed by atoms with Crippen molar-refractivity contribution >= 4 is 17.5 Å². The van der Waals surface area contributed by atoms with Gasteiger partial charge in [-0.1, -0.05) is 30.3 Å². The number of H-pyrrole nitrogens is 1. The van der Waals surface area contributed by atoms with Crippen molar-refractivity contribution in [3.05, 3.63) is 72.1 Å². The summed E-state index contributed by atoms with van der Waals surface area (Å²) in [7, 11) is 0. The molecule has 2 amide bonds. The van der Waals surface area contributed by atoms with Crippen molar-refractivity contribution in [3.8, 4) is 11.4 Å². The summed E-state index contributed by atoms with van der Waals surface area (Å²) in [4.78, 5) is 36.8. The zero-order valence-electron chi connectivity index (χ0n) is 15.9. The molecule has 1 aromatic heterocycles. The lowest BCUT2D eigenvalue weighted by molar-refractivity contribution is -0.121. The van der Waals surface area contributed by atoms with Crippen molar-refractivity contribution in [2.45, 2.75) is 19.9 Å². The molecule has 1 N–H and O–H groups in total. The highest BCUT2D eigenvalue weighted by atomic mass is 16.2. The minimum atomic E-state index is -0.156. The van der Waals surface area contributed by atoms with Crippen LogP contribution in [0.4, 0.5) is 5.69 Å². The fraction of sp³-hybridized carbons (Fsp3) is 0.227. The number of anilines is 1. The Hall–Kier alpha value is -3.41. The molecule has 1 atom stereocenters. The largest absolute Gasteiger partial charge is 0.345 e. The predicted molar refractivity (Wildman–Crippen MR) is 108 cm³/mol. The Bertz CT molecular complexity index is 1010. The summed E-state index contributed by atoms with van der Waals surface area (Å²) in [6.07, 6.45) is 3.38. The molecule has 0 aliphatic carbocycles. The number of piperazine rings is 1. The third-order valence-electron chi connectivity index (χ3n) is 5.07. The van der Waals surface area contributed by atoms with Gasteiger partial charge in [-0.2, -0.15) is 0 Å². The molecule has 0 radical (unpaired) electrons. The van der Waals surface area contributed by atoms with Gasteiger partial charge < -0.3 is 14.8 Å². The topological polar surface area (TPSA) is 69.3 Å². The second-order valence-corrected chi connectivity index (χ2v) is 7.11. The summed E-state index contributed by atoms with van der Waals surface area (Å²) in [6, 6.07) is 15.1. The van der Waals surface area contributed by atoms with Gasteiger partial charge in [0.05, 0.1) is 5.56 Å². The number of aromatic amines is 1. The van der Waals surface area contributed by atoms with Crippen molar-refractivity contribution in [3.63, 3.8) is 0 Å². The first-order valence-electron chi connectivity index (χ1n) is 9.31. The van der Waals surface area contributed by atoms with Crippen LogP contribution in [0.2, 0.25) is 0 Å². The molecular formula is C22H22N4O2. The molecule has 1 aliphatic rings. The normalized spacial score (nSPS) is 17.1. The van der Waals surface area contributed by atoms with Gasteiger partial charge in [0.2, 0.25) is 5.91 Å². The molecule has 142 valence electrons. The first-order valence-corrected chi connectivity index (χ1v) is 9.31. The first kappa shape index (κ1) is 18.0. The van der Waals surface area contributed by atoms with Gasteiger partial charge in [-0.3, -0.25) is 9.59 Å². The van der Waals surface area contributed by atoms with E-state index in [1.165, 1.54) is 0 Å². The van der Waals surface area contributed by atoms with E-state index >= 15 is 0 Å². The van der Waals surface area contributed by atoms with Crippen molar-refractivity contribution in [2.24, 2.45) is 0 Å². The molecule has 0 spiro atoms. The van der Waals surface area contributed by atoms with Crippen LogP contribution >= 0.6 is 0 Å². The van der Waals surface area contributed by atoms with Crippen LogP contribution in [0.25, 0.3) is 11.4 Å². The molecule has 2 aromatic carbocycles. The Labute approximate surface area is 163 Å². The third kappa shape index (κ3) is 3.29. The van der Waals surface area contributed by atoms with Gasteiger partial charge in [0.25, 0.3) is 5.91 Å². The van der Waals surface area contributed by atoms with Crippen LogP contribution in [0.1, 0.15) is 22.8 Å². The molecule has 1 unspecified atom stereocenters. The number of benzene rings is 2. The van der Waals surface area contributed by atoms with E-state index in [-0.39, 0.29) is 24.4 Å². The number of aromatic nitrogens is 2. The Morgan fingerprint density at radius 1 is 1.18 bits per heavy atom. The van der Waals surface area contributed by atoms with Crippen molar-refractivity contribution in [2.75, 3.05) is 18.0 Å². The number of aryl methyl sites for hydroxylation is 1. The van der Waals surface area contributed by atoms with E-state index in [2.05, 4.69) is 9.97 Å². The number of hydrogen-bond donors (Lipinski definition) is 1. The summed E-state index contributed by atoms with van der Waals surface area (Å²) < 4.78 is 0. The van der Waals surface area contributed by atoms with E-state index in [1.54, 1.807) is 28.3 Å². The smallest absolute Gasteiger partial charge is 0.255 e. The number of nitrogens with zero attached hydrogens (tertiary/aromatic N) is 3. The number of carbonyl (C=O) groups excluding carboxylic acids is 2. The number of rotatable bonds is 3. The minimum Gasteiger partial charge on any atom is -0.345 e. The molecule has 28 heavy (non-hydrogen) atoms. The van der Waals surface area contributed by atoms with Gasteiger partial charge in [-0.15, -0.1) is 0 Å². The van der Waals surface area contributed by atoms with Crippen LogP contribution < -0.4 is 4.90 Å². The number of hydrogen-bond acceptors (Lipinski definition) is 3. The van der Waals surface area contributed by atoms with Crippen LogP contribution in [0.15, 0.2) is 60.9 Å². The molecule has 1 saturated heterocycles. The van der Waals surface area contributed by atoms with E-state index in [9.17, 15) is 9.59 Å². The number of amides is 2. The Kier molecular flexibility index (Phi) is 4.69. The molecule has 2 heterocycles. The molecule has 3 aromatic rings. The lowest BCUT2D eigenvalue weighted by Gasteiger charge is -2.39. The fourth-order valence-corrected chi connectivity index (χ4v) is 3.61. The van der Waals surface area contributed by atoms with Gasteiger partial charge in [-0.25, -0.2) is 4.98 Å². The number of imidazole rings is 1. The average molecular weight is 374 g/mol. The second kappa shape index (κ2) is 7.31. The van der Waals surface area contributed by atoms with Crippen LogP contribution in [0, 0.1) is 6.92 Å². The van der Waals surface area contributed by atoms with E-state index in [4.69, 9.17) is 0 Å². The molecule has 1 aliphatic heterocycles. The fourth-order valence-electron chi connectivity index (χ4n) is 3.61. The lowest BCUT2D eigenvalue weighted by atomic mass is 10.0. The maximum absolute atomic E-state index is 13.3. The molecule has 1 fully saturated rings. The Morgan fingerprint density at radius 2 is 2.00 bits per heavy atom. The quantitative estimate of drug-likeness (QED) is 0.765. The van der Waals surface area contributed by atoms with E-state index in [1.807, 2.05) is 56.3 Å². The Balaban J connectivity index is 1.60. The molecule has 4 rings (SSSR count). The predicted octanol–water partition coefficient (Wildman–Crippen LogP) is 3.26. The average Bonchev–Trinajstić information content (AvgIpc) is 3.23. The molecule has 0 bridgehead atoms. The minimum absolute atomic E-state index is 0.0560. The molecule has 6 nitrogen and oxygen atoms in total. The van der Waals surface area contributed by atoms with Crippen LogP contribution in [-0.2, 0) is 4.79 Å². The summed E-state index contributed by atoms with van der Waals surface area (Å²) in [6.45, 7) is 4.50. The van der Waals surface area contributed by atoms with E-state index in [0.717, 1.165) is 16.8 Å². The van der Waals surface area contributed by atoms with Gasteiger partial charge >= 0.3 is 0 Å². The highest BCUT2D eigenvalue weighted by Gasteiger charge is 2.34. The van der Waals surface area contributed by atoms with Gasteiger partial charge in [-0.05, 0) is 37.6 Å². The molecule has 0 saturated carbocycles. The van der Waals surface area contributed by atoms with Crippen LogP contribution in [-0.4, -0.2) is 45.8 Å². The zero-order chi connectivity index (χ0) is 19.7. The van der Waals surface area contributed by atoms with Crippen LogP contribution in [0.3, 0.4) is 0 Å². The maximum Gasteiger partial charge on any atom is 0.255 e. The molecule has 6 heteroatoms. The standard InChI is InChI=1S/C22H22N4O2/c1-15-6-5-7-17(12-15)26-13-16(2)25(14-20(26)27)22(28)19-9-4-3-8-18(19)21-23-10-11-24-21/h3-12,16H,13-14H2,1-2H3,(H,23,24). The summed E-state index contributed by atoms with van der Waals surface area (Å²) in [5.41, 5.74) is 3.25.